The molecule has 1 saturated heterocycles. The molecule has 1 aliphatic rings. The first-order valence-corrected chi connectivity index (χ1v) is 7.70. The third-order valence-corrected chi connectivity index (χ3v) is 4.49. The molecule has 2 heterocycles. The Morgan fingerprint density at radius 2 is 2.09 bits per heavy atom. The highest BCUT2D eigenvalue weighted by Gasteiger charge is 2.23. The van der Waals surface area contributed by atoms with Crippen molar-refractivity contribution in [2.75, 3.05) is 23.8 Å². The molecule has 116 valence electrons. The lowest BCUT2D eigenvalue weighted by molar-refractivity contribution is -0.117. The molecule has 0 saturated carbocycles. The SMILES string of the molecule is CNc1cnn(Cc2ccc(N3CCCC3=O)c(C)c2C)c1. The van der Waals surface area contributed by atoms with Crippen molar-refractivity contribution in [1.29, 1.82) is 0 Å². The summed E-state index contributed by atoms with van der Waals surface area (Å²) in [6, 6.07) is 4.19. The molecule has 22 heavy (non-hydrogen) atoms. The van der Waals surface area contributed by atoms with Gasteiger partial charge in [0.15, 0.2) is 0 Å². The fraction of sp³-hybridized carbons (Fsp3) is 0.412. The van der Waals surface area contributed by atoms with Crippen LogP contribution in [0.3, 0.4) is 0 Å². The summed E-state index contributed by atoms with van der Waals surface area (Å²) in [5.74, 6) is 0.237. The van der Waals surface area contributed by atoms with Gasteiger partial charge in [0.2, 0.25) is 5.91 Å². The lowest BCUT2D eigenvalue weighted by atomic mass is 10.0. The van der Waals surface area contributed by atoms with E-state index in [-0.39, 0.29) is 5.91 Å². The van der Waals surface area contributed by atoms with Crippen LogP contribution in [0.4, 0.5) is 11.4 Å². The molecule has 1 N–H and O–H groups in total. The van der Waals surface area contributed by atoms with Crippen LogP contribution < -0.4 is 10.2 Å². The van der Waals surface area contributed by atoms with Gasteiger partial charge in [0.25, 0.3) is 0 Å². The van der Waals surface area contributed by atoms with Crippen LogP contribution in [0.1, 0.15) is 29.5 Å². The van der Waals surface area contributed by atoms with Gasteiger partial charge in [0.05, 0.1) is 18.4 Å². The maximum Gasteiger partial charge on any atom is 0.227 e. The van der Waals surface area contributed by atoms with Gasteiger partial charge in [-0.05, 0) is 43.0 Å². The van der Waals surface area contributed by atoms with Crippen LogP contribution in [0.2, 0.25) is 0 Å². The van der Waals surface area contributed by atoms with Gasteiger partial charge in [-0.3, -0.25) is 9.48 Å². The highest BCUT2D eigenvalue weighted by Crippen LogP contribution is 2.29. The van der Waals surface area contributed by atoms with Crippen molar-refractivity contribution in [2.45, 2.75) is 33.2 Å². The normalized spacial score (nSPS) is 14.7. The minimum absolute atomic E-state index is 0.237. The highest BCUT2D eigenvalue weighted by atomic mass is 16.2. The molecule has 0 radical (unpaired) electrons. The smallest absolute Gasteiger partial charge is 0.227 e. The van der Waals surface area contributed by atoms with Crippen molar-refractivity contribution >= 4 is 17.3 Å². The molecule has 5 nitrogen and oxygen atoms in total. The van der Waals surface area contributed by atoms with E-state index in [1.807, 2.05) is 29.0 Å². The first-order valence-electron chi connectivity index (χ1n) is 7.70. The van der Waals surface area contributed by atoms with Crippen LogP contribution >= 0.6 is 0 Å². The van der Waals surface area contributed by atoms with E-state index in [2.05, 4.69) is 36.4 Å². The Kier molecular flexibility index (Phi) is 3.88. The fourth-order valence-corrected chi connectivity index (χ4v) is 2.98. The van der Waals surface area contributed by atoms with E-state index >= 15 is 0 Å². The largest absolute Gasteiger partial charge is 0.386 e. The van der Waals surface area contributed by atoms with Crippen molar-refractivity contribution in [3.63, 3.8) is 0 Å². The molecule has 0 unspecified atom stereocenters. The minimum Gasteiger partial charge on any atom is -0.386 e. The molecule has 1 fully saturated rings. The topological polar surface area (TPSA) is 50.2 Å². The quantitative estimate of drug-likeness (QED) is 0.944. The number of nitrogens with zero attached hydrogens (tertiary/aromatic N) is 3. The Morgan fingerprint density at radius 1 is 1.27 bits per heavy atom. The molecular weight excluding hydrogens is 276 g/mol. The summed E-state index contributed by atoms with van der Waals surface area (Å²) >= 11 is 0. The molecule has 1 aromatic heterocycles. The Bertz CT molecular complexity index is 705. The molecule has 0 spiro atoms. The number of rotatable bonds is 4. The van der Waals surface area contributed by atoms with E-state index < -0.39 is 0 Å². The lowest BCUT2D eigenvalue weighted by Crippen LogP contribution is -2.25. The number of anilines is 2. The summed E-state index contributed by atoms with van der Waals surface area (Å²) in [6.45, 7) is 5.80. The molecule has 2 aromatic rings. The van der Waals surface area contributed by atoms with Crippen LogP contribution in [0.5, 0.6) is 0 Å². The summed E-state index contributed by atoms with van der Waals surface area (Å²) in [5.41, 5.74) is 5.72. The second-order valence-corrected chi connectivity index (χ2v) is 5.82. The predicted molar refractivity (Wildman–Crippen MR) is 88.4 cm³/mol. The van der Waals surface area contributed by atoms with Crippen molar-refractivity contribution in [2.24, 2.45) is 0 Å². The van der Waals surface area contributed by atoms with Crippen molar-refractivity contribution in [1.82, 2.24) is 9.78 Å². The number of amides is 1. The van der Waals surface area contributed by atoms with Gasteiger partial charge < -0.3 is 10.2 Å². The van der Waals surface area contributed by atoms with Gasteiger partial charge in [-0.25, -0.2) is 0 Å². The van der Waals surface area contributed by atoms with Crippen LogP contribution in [0.15, 0.2) is 24.5 Å². The molecule has 1 aliphatic heterocycles. The average Bonchev–Trinajstić information content (AvgIpc) is 3.13. The average molecular weight is 298 g/mol. The molecule has 0 bridgehead atoms. The number of hydrogen-bond donors (Lipinski definition) is 1. The summed E-state index contributed by atoms with van der Waals surface area (Å²) in [7, 11) is 1.89. The summed E-state index contributed by atoms with van der Waals surface area (Å²) in [6.07, 6.45) is 5.44. The van der Waals surface area contributed by atoms with E-state index in [1.165, 1.54) is 16.7 Å². The molecule has 3 rings (SSSR count). The van der Waals surface area contributed by atoms with Gasteiger partial charge in [-0.2, -0.15) is 5.10 Å². The number of carbonyl (C=O) groups excluding carboxylic acids is 1. The molecule has 0 aliphatic carbocycles. The summed E-state index contributed by atoms with van der Waals surface area (Å²) < 4.78 is 1.92. The number of benzene rings is 1. The van der Waals surface area contributed by atoms with E-state index in [9.17, 15) is 4.79 Å². The van der Waals surface area contributed by atoms with E-state index in [4.69, 9.17) is 0 Å². The second kappa shape index (κ2) is 5.83. The first kappa shape index (κ1) is 14.6. The van der Waals surface area contributed by atoms with Crippen LogP contribution in [0, 0.1) is 13.8 Å². The monoisotopic (exact) mass is 298 g/mol. The van der Waals surface area contributed by atoms with Crippen molar-refractivity contribution < 1.29 is 4.79 Å². The second-order valence-electron chi connectivity index (χ2n) is 5.82. The zero-order valence-corrected chi connectivity index (χ0v) is 13.4. The standard InChI is InChI=1S/C17H22N4O/c1-12-13(2)16(21-8-4-5-17(21)22)7-6-14(12)10-20-11-15(18-3)9-19-20/h6-7,9,11,18H,4-5,8,10H2,1-3H3. The van der Waals surface area contributed by atoms with Gasteiger partial charge in [-0.1, -0.05) is 6.07 Å². The van der Waals surface area contributed by atoms with E-state index in [1.54, 1.807) is 0 Å². The van der Waals surface area contributed by atoms with Gasteiger partial charge in [-0.15, -0.1) is 0 Å². The van der Waals surface area contributed by atoms with E-state index in [0.29, 0.717) is 6.42 Å². The number of hydrogen-bond acceptors (Lipinski definition) is 3. The third kappa shape index (κ3) is 2.58. The fourth-order valence-electron chi connectivity index (χ4n) is 2.98. The predicted octanol–water partition coefficient (Wildman–Crippen LogP) is 2.72. The van der Waals surface area contributed by atoms with Gasteiger partial charge in [0, 0.05) is 31.9 Å². The minimum atomic E-state index is 0.237. The Labute approximate surface area is 130 Å². The van der Waals surface area contributed by atoms with Gasteiger partial charge >= 0.3 is 0 Å². The molecule has 1 aromatic carbocycles. The maximum atomic E-state index is 12.0. The van der Waals surface area contributed by atoms with Gasteiger partial charge in [0.1, 0.15) is 0 Å². The number of carbonyl (C=O) groups is 1. The van der Waals surface area contributed by atoms with Crippen LogP contribution in [-0.4, -0.2) is 29.3 Å². The molecule has 5 heteroatoms. The van der Waals surface area contributed by atoms with Crippen molar-refractivity contribution in [3.8, 4) is 0 Å². The summed E-state index contributed by atoms with van der Waals surface area (Å²) in [5, 5.41) is 7.44. The maximum absolute atomic E-state index is 12.0. The number of aromatic nitrogens is 2. The lowest BCUT2D eigenvalue weighted by Gasteiger charge is -2.21. The highest BCUT2D eigenvalue weighted by molar-refractivity contribution is 5.96. The number of nitrogens with one attached hydrogen (secondary N) is 1. The zero-order valence-electron chi connectivity index (χ0n) is 13.4. The Hall–Kier alpha value is -2.30. The Balaban J connectivity index is 1.87. The zero-order chi connectivity index (χ0) is 15.7. The summed E-state index contributed by atoms with van der Waals surface area (Å²) in [4.78, 5) is 13.9. The molecule has 0 atom stereocenters. The Morgan fingerprint density at radius 3 is 2.73 bits per heavy atom. The van der Waals surface area contributed by atoms with E-state index in [0.717, 1.165) is 30.9 Å². The van der Waals surface area contributed by atoms with Crippen LogP contribution in [-0.2, 0) is 11.3 Å². The third-order valence-electron chi connectivity index (χ3n) is 4.49. The van der Waals surface area contributed by atoms with Crippen molar-refractivity contribution in [3.05, 3.63) is 41.2 Å². The van der Waals surface area contributed by atoms with Crippen LogP contribution in [0.25, 0.3) is 0 Å². The molecular formula is C17H22N4O. The first-order chi connectivity index (χ1) is 10.6. The molecule has 1 amide bonds.